The van der Waals surface area contributed by atoms with Gasteiger partial charge < -0.3 is 39.9 Å². The van der Waals surface area contributed by atoms with Gasteiger partial charge in [-0.2, -0.15) is 0 Å². The summed E-state index contributed by atoms with van der Waals surface area (Å²) in [6.45, 7) is 8.20. The number of urea groups is 1. The number of para-hydroxylation sites is 1. The number of phenols is 1. The molecule has 0 saturated carbocycles. The summed E-state index contributed by atoms with van der Waals surface area (Å²) in [4.78, 5) is 73.4. The molecule has 14 nitrogen and oxygen atoms in total. The summed E-state index contributed by atoms with van der Waals surface area (Å²) in [6, 6.07) is 11.4. The average Bonchev–Trinajstić information content (AvgIpc) is 3.57. The van der Waals surface area contributed by atoms with Crippen molar-refractivity contribution in [1.82, 2.24) is 24.5 Å². The third-order valence-electron chi connectivity index (χ3n) is 11.0. The van der Waals surface area contributed by atoms with E-state index in [1.807, 2.05) is 41.3 Å². The van der Waals surface area contributed by atoms with E-state index in [0.717, 1.165) is 29.7 Å². The van der Waals surface area contributed by atoms with E-state index in [4.69, 9.17) is 9.84 Å². The standard InChI is InChI=1S/C38H50N6O8/c1-25-21-27(22-26(2)35(25)48)23-32(36(49)41-19-17-40(18-20-41)30-12-15-43(24-30)33(45)7-8-34(46)47)52-38(51)42-13-10-29(11-14-42)44-16-9-28-5-3-4-6-31(28)39-37(44)50/h3-6,21-22,29-30,32,48H,7-20,23-24H2,1-2H3,(H,39,50)(H,46,47)/t30?,32-/m1/s1. The third kappa shape index (κ3) is 8.60. The zero-order chi connectivity index (χ0) is 36.9. The Morgan fingerprint density at radius 2 is 1.50 bits per heavy atom. The van der Waals surface area contributed by atoms with Gasteiger partial charge in [-0.05, 0) is 67.9 Å². The van der Waals surface area contributed by atoms with Crippen molar-refractivity contribution in [2.75, 3.05) is 64.2 Å². The highest BCUT2D eigenvalue weighted by Gasteiger charge is 2.37. The zero-order valence-corrected chi connectivity index (χ0v) is 30.1. The number of rotatable bonds is 9. The molecule has 14 heteroatoms. The van der Waals surface area contributed by atoms with Crippen LogP contribution in [0.2, 0.25) is 0 Å². The van der Waals surface area contributed by atoms with Crippen LogP contribution in [0.3, 0.4) is 0 Å². The Labute approximate surface area is 304 Å². The topological polar surface area (TPSA) is 163 Å². The number of carbonyl (C=O) groups excluding carboxylic acids is 4. The van der Waals surface area contributed by atoms with Gasteiger partial charge in [-0.15, -0.1) is 0 Å². The number of aromatic hydroxyl groups is 1. The second-order valence-electron chi connectivity index (χ2n) is 14.4. The fourth-order valence-electron chi connectivity index (χ4n) is 8.00. The number of carboxylic acids is 1. The van der Waals surface area contributed by atoms with Crippen molar-refractivity contribution in [3.8, 4) is 5.75 Å². The number of likely N-dealkylation sites (tertiary alicyclic amines) is 2. The van der Waals surface area contributed by atoms with Gasteiger partial charge in [0, 0.05) is 89.5 Å². The van der Waals surface area contributed by atoms with Crippen LogP contribution in [-0.4, -0.2) is 142 Å². The number of carboxylic acid groups (broad SMARTS) is 1. The Kier molecular flexibility index (Phi) is 11.5. The minimum absolute atomic E-state index is 0.00657. The summed E-state index contributed by atoms with van der Waals surface area (Å²) >= 11 is 0. The fraction of sp³-hybridized carbons (Fsp3) is 0.553. The SMILES string of the molecule is Cc1cc(C[C@@H](OC(=O)N2CCC(N3CCc4ccccc4NC3=O)CC2)C(=O)N2CCN(C3CCN(C(=O)CCC(=O)O)C3)CC2)cc(C)c1O. The lowest BCUT2D eigenvalue weighted by Crippen LogP contribution is -2.55. The summed E-state index contributed by atoms with van der Waals surface area (Å²) in [5.74, 6) is -1.21. The van der Waals surface area contributed by atoms with Crippen molar-refractivity contribution in [3.63, 3.8) is 0 Å². The molecule has 52 heavy (non-hydrogen) atoms. The van der Waals surface area contributed by atoms with Gasteiger partial charge in [0.1, 0.15) is 5.75 Å². The molecule has 0 spiro atoms. The zero-order valence-electron chi connectivity index (χ0n) is 30.1. The van der Waals surface area contributed by atoms with E-state index in [1.165, 1.54) is 0 Å². The second kappa shape index (κ2) is 16.2. The van der Waals surface area contributed by atoms with Gasteiger partial charge in [0.2, 0.25) is 5.91 Å². The first-order valence-corrected chi connectivity index (χ1v) is 18.4. The molecule has 4 heterocycles. The molecular formula is C38H50N6O8. The number of piperidine rings is 1. The summed E-state index contributed by atoms with van der Waals surface area (Å²) in [5.41, 5.74) is 4.07. The number of nitrogens with one attached hydrogen (secondary N) is 1. The highest BCUT2D eigenvalue weighted by atomic mass is 16.6. The second-order valence-corrected chi connectivity index (χ2v) is 14.4. The molecule has 0 aliphatic carbocycles. The third-order valence-corrected chi connectivity index (χ3v) is 11.0. The molecule has 4 aliphatic heterocycles. The Morgan fingerprint density at radius 3 is 2.19 bits per heavy atom. The summed E-state index contributed by atoms with van der Waals surface area (Å²) in [7, 11) is 0. The number of piperazine rings is 1. The smallest absolute Gasteiger partial charge is 0.410 e. The van der Waals surface area contributed by atoms with Crippen molar-refractivity contribution in [2.24, 2.45) is 0 Å². The first-order chi connectivity index (χ1) is 25.0. The van der Waals surface area contributed by atoms with Crippen LogP contribution in [0, 0.1) is 13.8 Å². The van der Waals surface area contributed by atoms with Crippen molar-refractivity contribution in [3.05, 3.63) is 58.7 Å². The first-order valence-electron chi connectivity index (χ1n) is 18.4. The predicted octanol–water partition coefficient (Wildman–Crippen LogP) is 3.22. The largest absolute Gasteiger partial charge is 0.507 e. The Bertz CT molecular complexity index is 1650. The lowest BCUT2D eigenvalue weighted by atomic mass is 10.0. The minimum Gasteiger partial charge on any atom is -0.507 e. The summed E-state index contributed by atoms with van der Waals surface area (Å²) < 4.78 is 6.03. The number of aliphatic carboxylic acids is 1. The van der Waals surface area contributed by atoms with E-state index < -0.39 is 18.2 Å². The Morgan fingerprint density at radius 1 is 0.846 bits per heavy atom. The highest BCUT2D eigenvalue weighted by Crippen LogP contribution is 2.27. The number of benzene rings is 2. The molecule has 2 atom stereocenters. The molecule has 2 aromatic carbocycles. The van der Waals surface area contributed by atoms with Gasteiger partial charge in [0.15, 0.2) is 6.10 Å². The number of aryl methyl sites for hydroxylation is 2. The number of hydrogen-bond acceptors (Lipinski definition) is 8. The molecule has 0 bridgehead atoms. The van der Waals surface area contributed by atoms with Gasteiger partial charge in [0.25, 0.3) is 5.91 Å². The number of ether oxygens (including phenoxy) is 1. The van der Waals surface area contributed by atoms with E-state index in [2.05, 4.69) is 10.2 Å². The molecule has 5 amide bonds. The minimum atomic E-state index is -1.07. The summed E-state index contributed by atoms with van der Waals surface area (Å²) in [5, 5.41) is 22.3. The molecular weight excluding hydrogens is 668 g/mol. The van der Waals surface area contributed by atoms with E-state index in [-0.39, 0.29) is 54.9 Å². The van der Waals surface area contributed by atoms with Crippen LogP contribution in [0.1, 0.15) is 54.4 Å². The van der Waals surface area contributed by atoms with Crippen molar-refractivity contribution in [2.45, 2.75) is 77.0 Å². The lowest BCUT2D eigenvalue weighted by molar-refractivity contribution is -0.143. The van der Waals surface area contributed by atoms with Crippen LogP contribution >= 0.6 is 0 Å². The van der Waals surface area contributed by atoms with Gasteiger partial charge in [-0.25, -0.2) is 9.59 Å². The molecule has 6 rings (SSSR count). The number of amides is 5. The summed E-state index contributed by atoms with van der Waals surface area (Å²) in [6.07, 6.45) is 1.08. The molecule has 1 unspecified atom stereocenters. The lowest BCUT2D eigenvalue weighted by Gasteiger charge is -2.40. The van der Waals surface area contributed by atoms with E-state index in [1.54, 1.807) is 28.5 Å². The first kappa shape index (κ1) is 36.9. The van der Waals surface area contributed by atoms with Crippen LogP contribution in [0.15, 0.2) is 36.4 Å². The average molecular weight is 719 g/mol. The molecule has 2 aromatic rings. The predicted molar refractivity (Wildman–Crippen MR) is 192 cm³/mol. The fourth-order valence-corrected chi connectivity index (χ4v) is 8.00. The number of nitrogens with zero attached hydrogens (tertiary/aromatic N) is 5. The van der Waals surface area contributed by atoms with Crippen molar-refractivity contribution < 1.29 is 38.9 Å². The number of anilines is 1. The maximum absolute atomic E-state index is 14.1. The Balaban J connectivity index is 1.06. The van der Waals surface area contributed by atoms with Crippen LogP contribution in [0.4, 0.5) is 15.3 Å². The van der Waals surface area contributed by atoms with Crippen LogP contribution in [0.5, 0.6) is 5.75 Å². The molecule has 4 aliphatic rings. The van der Waals surface area contributed by atoms with Crippen LogP contribution < -0.4 is 5.32 Å². The van der Waals surface area contributed by atoms with Crippen LogP contribution in [-0.2, 0) is 32.0 Å². The number of carbonyl (C=O) groups is 5. The van der Waals surface area contributed by atoms with Gasteiger partial charge in [-0.3, -0.25) is 19.3 Å². The molecule has 3 saturated heterocycles. The van der Waals surface area contributed by atoms with E-state index >= 15 is 0 Å². The molecule has 280 valence electrons. The normalized spacial score (nSPS) is 20.6. The van der Waals surface area contributed by atoms with Crippen molar-refractivity contribution in [1.29, 1.82) is 0 Å². The molecule has 3 N–H and O–H groups in total. The maximum Gasteiger partial charge on any atom is 0.410 e. The van der Waals surface area contributed by atoms with Crippen LogP contribution in [0.25, 0.3) is 0 Å². The van der Waals surface area contributed by atoms with Gasteiger partial charge in [0.05, 0.1) is 6.42 Å². The highest BCUT2D eigenvalue weighted by molar-refractivity contribution is 5.91. The van der Waals surface area contributed by atoms with Gasteiger partial charge >= 0.3 is 18.1 Å². The maximum atomic E-state index is 14.1. The number of hydrogen-bond donors (Lipinski definition) is 3. The number of fused-ring (bicyclic) bond motifs is 1. The quantitative estimate of drug-likeness (QED) is 0.354. The molecule has 3 fully saturated rings. The Hall–Kier alpha value is -4.85. The van der Waals surface area contributed by atoms with E-state index in [9.17, 15) is 29.1 Å². The monoisotopic (exact) mass is 718 g/mol. The van der Waals surface area contributed by atoms with Gasteiger partial charge in [-0.1, -0.05) is 30.3 Å². The number of phenolic OH excluding ortho intramolecular Hbond substituents is 1. The van der Waals surface area contributed by atoms with E-state index in [0.29, 0.717) is 82.9 Å². The molecule has 0 radical (unpaired) electrons. The molecule has 0 aromatic heterocycles. The van der Waals surface area contributed by atoms with Crippen molar-refractivity contribution >= 4 is 35.6 Å².